The highest BCUT2D eigenvalue weighted by Crippen LogP contribution is 2.23. The number of hydrogen-bond donors (Lipinski definition) is 2. The van der Waals surface area contributed by atoms with Crippen LogP contribution in [0.3, 0.4) is 0 Å². The van der Waals surface area contributed by atoms with Gasteiger partial charge in [-0.25, -0.2) is 0 Å². The molecular formula is C9H9F3O2. The first kappa shape index (κ1) is 10.8. The van der Waals surface area contributed by atoms with Crippen molar-refractivity contribution in [2.24, 2.45) is 0 Å². The maximum absolute atomic E-state index is 11.9. The molecule has 0 aliphatic rings. The summed E-state index contributed by atoms with van der Waals surface area (Å²) in [5.74, 6) is -0.0183. The smallest absolute Gasteiger partial charge is 0.414 e. The van der Waals surface area contributed by atoms with Crippen LogP contribution >= 0.6 is 0 Å². The lowest BCUT2D eigenvalue weighted by Gasteiger charge is -2.14. The monoisotopic (exact) mass is 206 g/mol. The van der Waals surface area contributed by atoms with Crippen LogP contribution in [0.25, 0.3) is 0 Å². The van der Waals surface area contributed by atoms with E-state index in [1.807, 2.05) is 0 Å². The second kappa shape index (κ2) is 3.88. The van der Waals surface area contributed by atoms with E-state index in [-0.39, 0.29) is 5.75 Å². The number of benzene rings is 1. The van der Waals surface area contributed by atoms with Gasteiger partial charge in [-0.05, 0) is 17.7 Å². The maximum Gasteiger partial charge on any atom is 0.414 e. The van der Waals surface area contributed by atoms with E-state index < -0.39 is 18.7 Å². The molecule has 0 radical (unpaired) electrons. The molecule has 1 rings (SSSR count). The topological polar surface area (TPSA) is 40.5 Å². The number of aromatic hydroxyl groups is 1. The molecule has 0 bridgehead atoms. The quantitative estimate of drug-likeness (QED) is 0.775. The van der Waals surface area contributed by atoms with Crippen LogP contribution in [0.5, 0.6) is 5.75 Å². The zero-order valence-corrected chi connectivity index (χ0v) is 7.12. The fourth-order valence-electron chi connectivity index (χ4n) is 0.971. The van der Waals surface area contributed by atoms with Gasteiger partial charge in [0.2, 0.25) is 0 Å². The molecule has 14 heavy (non-hydrogen) atoms. The van der Waals surface area contributed by atoms with Gasteiger partial charge in [0.25, 0.3) is 0 Å². The van der Waals surface area contributed by atoms with Crippen molar-refractivity contribution in [1.82, 2.24) is 0 Å². The van der Waals surface area contributed by atoms with Gasteiger partial charge in [-0.15, -0.1) is 0 Å². The molecule has 0 fully saturated rings. The molecule has 0 aliphatic heterocycles. The Balaban J connectivity index is 2.65. The Morgan fingerprint density at radius 3 is 2.07 bits per heavy atom. The molecular weight excluding hydrogens is 197 g/mol. The Labute approximate surface area is 78.6 Å². The van der Waals surface area contributed by atoms with Gasteiger partial charge in [0.05, 0.1) is 0 Å². The average Bonchev–Trinajstić information content (AvgIpc) is 2.07. The predicted octanol–water partition coefficient (Wildman–Crippen LogP) is 1.86. The van der Waals surface area contributed by atoms with Crippen molar-refractivity contribution in [3.63, 3.8) is 0 Å². The molecule has 0 aliphatic carbocycles. The summed E-state index contributed by atoms with van der Waals surface area (Å²) in [5.41, 5.74) is 0.327. The van der Waals surface area contributed by atoms with E-state index in [4.69, 9.17) is 10.2 Å². The molecule has 0 aromatic heterocycles. The second-order valence-corrected chi connectivity index (χ2v) is 2.93. The van der Waals surface area contributed by atoms with Gasteiger partial charge in [0.15, 0.2) is 6.10 Å². The summed E-state index contributed by atoms with van der Waals surface area (Å²) in [6.45, 7) is 0. The molecule has 78 valence electrons. The van der Waals surface area contributed by atoms with E-state index in [2.05, 4.69) is 0 Å². The lowest BCUT2D eigenvalue weighted by atomic mass is 10.1. The van der Waals surface area contributed by atoms with Crippen LogP contribution < -0.4 is 0 Å². The minimum absolute atomic E-state index is 0.0183. The van der Waals surface area contributed by atoms with Gasteiger partial charge in [-0.3, -0.25) is 0 Å². The number of halogens is 3. The molecule has 1 unspecified atom stereocenters. The number of rotatable bonds is 2. The van der Waals surface area contributed by atoms with E-state index in [0.717, 1.165) is 0 Å². The van der Waals surface area contributed by atoms with Crippen LogP contribution in [0.15, 0.2) is 24.3 Å². The summed E-state index contributed by atoms with van der Waals surface area (Å²) >= 11 is 0. The van der Waals surface area contributed by atoms with Crippen molar-refractivity contribution >= 4 is 0 Å². The third kappa shape index (κ3) is 2.92. The molecule has 2 N–H and O–H groups in total. The molecule has 0 saturated carbocycles. The zero-order valence-electron chi connectivity index (χ0n) is 7.12. The van der Waals surface area contributed by atoms with Crippen LogP contribution in [0.1, 0.15) is 5.56 Å². The number of phenols is 1. The largest absolute Gasteiger partial charge is 0.508 e. The van der Waals surface area contributed by atoms with Crippen LogP contribution in [-0.4, -0.2) is 22.5 Å². The van der Waals surface area contributed by atoms with Crippen LogP contribution in [-0.2, 0) is 6.42 Å². The van der Waals surface area contributed by atoms with E-state index >= 15 is 0 Å². The molecule has 1 aromatic carbocycles. The van der Waals surface area contributed by atoms with E-state index in [0.29, 0.717) is 5.56 Å². The van der Waals surface area contributed by atoms with Gasteiger partial charge < -0.3 is 10.2 Å². The molecule has 0 saturated heterocycles. The van der Waals surface area contributed by atoms with Gasteiger partial charge in [-0.1, -0.05) is 12.1 Å². The van der Waals surface area contributed by atoms with Crippen LogP contribution in [0.4, 0.5) is 13.2 Å². The first-order valence-electron chi connectivity index (χ1n) is 3.92. The molecule has 2 nitrogen and oxygen atoms in total. The van der Waals surface area contributed by atoms with Gasteiger partial charge >= 0.3 is 6.18 Å². The summed E-state index contributed by atoms with van der Waals surface area (Å²) in [6, 6.07) is 5.23. The standard InChI is InChI=1S/C9H9F3O2/c10-9(11,12)8(14)5-6-1-3-7(13)4-2-6/h1-4,8,13-14H,5H2. The fourth-order valence-corrected chi connectivity index (χ4v) is 0.971. The predicted molar refractivity (Wildman–Crippen MR) is 43.9 cm³/mol. The Hall–Kier alpha value is -1.23. The Kier molecular flexibility index (Phi) is 3.00. The summed E-state index contributed by atoms with van der Waals surface area (Å²) in [4.78, 5) is 0. The van der Waals surface area contributed by atoms with Gasteiger partial charge in [0, 0.05) is 6.42 Å². The minimum Gasteiger partial charge on any atom is -0.508 e. The van der Waals surface area contributed by atoms with Crippen molar-refractivity contribution in [3.05, 3.63) is 29.8 Å². The fraction of sp³-hybridized carbons (Fsp3) is 0.333. The molecule has 1 aromatic rings. The Morgan fingerprint density at radius 2 is 1.64 bits per heavy atom. The SMILES string of the molecule is Oc1ccc(CC(O)C(F)(F)F)cc1. The molecule has 1 atom stereocenters. The summed E-state index contributed by atoms with van der Waals surface area (Å²) < 4.78 is 35.7. The van der Waals surface area contributed by atoms with E-state index in [1.165, 1.54) is 24.3 Å². The van der Waals surface area contributed by atoms with Crippen molar-refractivity contribution < 1.29 is 23.4 Å². The summed E-state index contributed by atoms with van der Waals surface area (Å²) in [6.07, 6.45) is -7.45. The normalized spacial score (nSPS) is 14.0. The molecule has 0 heterocycles. The number of alkyl halides is 3. The van der Waals surface area contributed by atoms with Crippen molar-refractivity contribution in [2.45, 2.75) is 18.7 Å². The Morgan fingerprint density at radius 1 is 1.14 bits per heavy atom. The highest BCUT2D eigenvalue weighted by molar-refractivity contribution is 5.26. The van der Waals surface area contributed by atoms with E-state index in [9.17, 15) is 13.2 Å². The molecule has 5 heteroatoms. The average molecular weight is 206 g/mol. The van der Waals surface area contributed by atoms with Gasteiger partial charge in [0.1, 0.15) is 5.75 Å². The number of phenolic OH excluding ortho intramolecular Hbond substituents is 1. The highest BCUT2D eigenvalue weighted by Gasteiger charge is 2.37. The van der Waals surface area contributed by atoms with Gasteiger partial charge in [-0.2, -0.15) is 13.2 Å². The molecule has 0 spiro atoms. The lowest BCUT2D eigenvalue weighted by molar-refractivity contribution is -0.203. The number of hydrogen-bond acceptors (Lipinski definition) is 2. The first-order valence-corrected chi connectivity index (χ1v) is 3.92. The maximum atomic E-state index is 11.9. The Bertz CT molecular complexity index is 292. The van der Waals surface area contributed by atoms with Crippen molar-refractivity contribution in [2.75, 3.05) is 0 Å². The number of aliphatic hydroxyl groups excluding tert-OH is 1. The second-order valence-electron chi connectivity index (χ2n) is 2.93. The number of aliphatic hydroxyl groups is 1. The first-order chi connectivity index (χ1) is 6.39. The third-order valence-electron chi connectivity index (χ3n) is 1.74. The van der Waals surface area contributed by atoms with E-state index in [1.54, 1.807) is 0 Å². The van der Waals surface area contributed by atoms with Crippen molar-refractivity contribution in [3.8, 4) is 5.75 Å². The van der Waals surface area contributed by atoms with Crippen molar-refractivity contribution in [1.29, 1.82) is 0 Å². The summed E-state index contributed by atoms with van der Waals surface area (Å²) in [7, 11) is 0. The summed E-state index contributed by atoms with van der Waals surface area (Å²) in [5, 5.41) is 17.6. The highest BCUT2D eigenvalue weighted by atomic mass is 19.4. The minimum atomic E-state index is -4.60. The lowest BCUT2D eigenvalue weighted by Crippen LogP contribution is -2.30. The van der Waals surface area contributed by atoms with Crippen LogP contribution in [0, 0.1) is 0 Å². The zero-order chi connectivity index (χ0) is 10.8. The third-order valence-corrected chi connectivity index (χ3v) is 1.74. The molecule has 0 amide bonds. The van der Waals surface area contributed by atoms with Crippen LogP contribution in [0.2, 0.25) is 0 Å².